The normalized spacial score (nSPS) is 11.7. The van der Waals surface area contributed by atoms with E-state index in [0.717, 1.165) is 12.1 Å². The highest BCUT2D eigenvalue weighted by atomic mass is 79.9. The highest BCUT2D eigenvalue weighted by molar-refractivity contribution is 9.10. The van der Waals surface area contributed by atoms with E-state index in [4.69, 9.17) is 4.42 Å². The molecule has 2 rings (SSSR count). The molecule has 0 aromatic carbocycles. The molecule has 0 aliphatic rings. The summed E-state index contributed by atoms with van der Waals surface area (Å²) >= 11 is 3.15. The van der Waals surface area contributed by atoms with Crippen LogP contribution in [-0.2, 0) is 23.1 Å². The number of halogens is 1. The Bertz CT molecular complexity index is 686. The second-order valence-electron chi connectivity index (χ2n) is 4.31. The summed E-state index contributed by atoms with van der Waals surface area (Å²) in [5.41, 5.74) is 0.834. The van der Waals surface area contributed by atoms with E-state index in [0.29, 0.717) is 12.3 Å². The van der Waals surface area contributed by atoms with Crippen LogP contribution < -0.4 is 10.0 Å². The summed E-state index contributed by atoms with van der Waals surface area (Å²) in [7, 11) is -3.63. The highest BCUT2D eigenvalue weighted by Gasteiger charge is 2.22. The van der Waals surface area contributed by atoms with E-state index in [-0.39, 0.29) is 16.1 Å². The number of rotatable bonds is 7. The first-order valence-electron chi connectivity index (χ1n) is 6.40. The molecule has 0 bridgehead atoms. The van der Waals surface area contributed by atoms with Gasteiger partial charge in [0.05, 0.1) is 6.54 Å². The van der Waals surface area contributed by atoms with Crippen LogP contribution in [0.4, 0.5) is 0 Å². The Morgan fingerprint density at radius 2 is 2.00 bits per heavy atom. The molecule has 2 aromatic rings. The Kier molecular flexibility index (Phi) is 5.51. The third-order valence-corrected chi connectivity index (χ3v) is 5.02. The zero-order valence-corrected chi connectivity index (χ0v) is 13.9. The maximum Gasteiger partial charge on any atom is 0.245 e. The summed E-state index contributed by atoms with van der Waals surface area (Å²) in [6, 6.07) is 5.02. The van der Waals surface area contributed by atoms with Crippen LogP contribution >= 0.6 is 15.9 Å². The zero-order chi connectivity index (χ0) is 15.3. The largest absolute Gasteiger partial charge is 0.452 e. The van der Waals surface area contributed by atoms with Crippen LogP contribution in [0.25, 0.3) is 0 Å². The Morgan fingerprint density at radius 1 is 1.29 bits per heavy atom. The number of pyridine rings is 1. The van der Waals surface area contributed by atoms with Crippen molar-refractivity contribution in [2.75, 3.05) is 6.54 Å². The van der Waals surface area contributed by atoms with Crippen LogP contribution in [-0.4, -0.2) is 19.9 Å². The minimum atomic E-state index is -3.63. The van der Waals surface area contributed by atoms with E-state index < -0.39 is 10.0 Å². The second kappa shape index (κ2) is 7.17. The topological polar surface area (TPSA) is 84.2 Å². The van der Waals surface area contributed by atoms with Crippen molar-refractivity contribution in [1.29, 1.82) is 0 Å². The standard InChI is InChI=1S/C13H16BrN3O3S/c1-2-15-9-11-7-12(13(14)20-11)21(18,19)17-8-10-3-5-16-6-4-10/h3-7,15,17H,2,8-9H2,1H3. The minimum Gasteiger partial charge on any atom is -0.452 e. The smallest absolute Gasteiger partial charge is 0.245 e. The fraction of sp³-hybridized carbons (Fsp3) is 0.308. The van der Waals surface area contributed by atoms with Crippen molar-refractivity contribution in [3.8, 4) is 0 Å². The van der Waals surface area contributed by atoms with Gasteiger partial charge in [-0.05, 0) is 40.2 Å². The van der Waals surface area contributed by atoms with Gasteiger partial charge in [-0.2, -0.15) is 0 Å². The maximum absolute atomic E-state index is 12.3. The average Bonchev–Trinajstić information content (AvgIpc) is 2.86. The maximum atomic E-state index is 12.3. The molecule has 0 saturated carbocycles. The van der Waals surface area contributed by atoms with Crippen LogP contribution in [0, 0.1) is 0 Å². The Morgan fingerprint density at radius 3 is 2.67 bits per heavy atom. The molecule has 6 nitrogen and oxygen atoms in total. The number of nitrogens with zero attached hydrogens (tertiary/aromatic N) is 1. The van der Waals surface area contributed by atoms with Crippen LogP contribution in [0.1, 0.15) is 18.2 Å². The molecule has 2 heterocycles. The first-order chi connectivity index (χ1) is 10.0. The molecule has 0 radical (unpaired) electrons. The first-order valence-corrected chi connectivity index (χ1v) is 8.68. The van der Waals surface area contributed by atoms with E-state index >= 15 is 0 Å². The van der Waals surface area contributed by atoms with Crippen molar-refractivity contribution in [3.05, 3.63) is 46.6 Å². The molecule has 0 saturated heterocycles. The molecule has 0 atom stereocenters. The van der Waals surface area contributed by atoms with Gasteiger partial charge in [0.1, 0.15) is 10.7 Å². The number of aromatic nitrogens is 1. The van der Waals surface area contributed by atoms with Gasteiger partial charge in [0.2, 0.25) is 10.0 Å². The van der Waals surface area contributed by atoms with Crippen molar-refractivity contribution in [1.82, 2.24) is 15.0 Å². The van der Waals surface area contributed by atoms with E-state index in [2.05, 4.69) is 31.0 Å². The van der Waals surface area contributed by atoms with Crippen molar-refractivity contribution in [3.63, 3.8) is 0 Å². The van der Waals surface area contributed by atoms with Gasteiger partial charge in [0.15, 0.2) is 4.67 Å². The lowest BCUT2D eigenvalue weighted by Gasteiger charge is -2.04. The zero-order valence-electron chi connectivity index (χ0n) is 11.5. The van der Waals surface area contributed by atoms with Crippen molar-refractivity contribution in [2.45, 2.75) is 24.9 Å². The monoisotopic (exact) mass is 373 g/mol. The predicted octanol–water partition coefficient (Wildman–Crippen LogP) is 2.03. The summed E-state index contributed by atoms with van der Waals surface area (Å²) < 4.78 is 32.7. The van der Waals surface area contributed by atoms with E-state index in [1.165, 1.54) is 6.07 Å². The third kappa shape index (κ3) is 4.37. The third-order valence-electron chi connectivity index (χ3n) is 2.76. The summed E-state index contributed by atoms with van der Waals surface area (Å²) in [5.74, 6) is 0.563. The second-order valence-corrected chi connectivity index (χ2v) is 6.77. The lowest BCUT2D eigenvalue weighted by Crippen LogP contribution is -2.23. The number of hydrogen-bond acceptors (Lipinski definition) is 5. The molecule has 0 amide bonds. The Balaban J connectivity index is 2.10. The van der Waals surface area contributed by atoms with Gasteiger partial charge in [-0.1, -0.05) is 6.92 Å². The van der Waals surface area contributed by atoms with Crippen LogP contribution in [0.3, 0.4) is 0 Å². The Labute approximate surface area is 132 Å². The van der Waals surface area contributed by atoms with Crippen LogP contribution in [0.2, 0.25) is 0 Å². The number of sulfonamides is 1. The van der Waals surface area contributed by atoms with Crippen molar-refractivity contribution >= 4 is 26.0 Å². The molecule has 0 fully saturated rings. The van der Waals surface area contributed by atoms with E-state index in [9.17, 15) is 8.42 Å². The molecular weight excluding hydrogens is 358 g/mol. The fourth-order valence-electron chi connectivity index (χ4n) is 1.67. The summed E-state index contributed by atoms with van der Waals surface area (Å²) in [6.07, 6.45) is 3.23. The molecule has 114 valence electrons. The molecule has 0 unspecified atom stereocenters. The molecule has 0 spiro atoms. The van der Waals surface area contributed by atoms with Gasteiger partial charge in [0, 0.05) is 25.0 Å². The molecule has 21 heavy (non-hydrogen) atoms. The molecule has 0 aliphatic heterocycles. The first kappa shape index (κ1) is 16.2. The Hall–Kier alpha value is -1.22. The summed E-state index contributed by atoms with van der Waals surface area (Å²) in [6.45, 7) is 3.42. The van der Waals surface area contributed by atoms with Gasteiger partial charge in [-0.15, -0.1) is 0 Å². The quantitative estimate of drug-likeness (QED) is 0.775. The number of hydrogen-bond donors (Lipinski definition) is 2. The average molecular weight is 374 g/mol. The fourth-order valence-corrected chi connectivity index (χ4v) is 3.69. The van der Waals surface area contributed by atoms with Crippen molar-refractivity contribution < 1.29 is 12.8 Å². The number of furan rings is 1. The predicted molar refractivity (Wildman–Crippen MR) is 82.1 cm³/mol. The minimum absolute atomic E-state index is 0.101. The van der Waals surface area contributed by atoms with E-state index in [1.807, 2.05) is 6.92 Å². The van der Waals surface area contributed by atoms with Gasteiger partial charge >= 0.3 is 0 Å². The van der Waals surface area contributed by atoms with Crippen LogP contribution in [0.5, 0.6) is 0 Å². The molecule has 0 aliphatic carbocycles. The van der Waals surface area contributed by atoms with Crippen molar-refractivity contribution in [2.24, 2.45) is 0 Å². The lowest BCUT2D eigenvalue weighted by molar-refractivity contribution is 0.464. The number of nitrogens with one attached hydrogen (secondary N) is 2. The highest BCUT2D eigenvalue weighted by Crippen LogP contribution is 2.26. The lowest BCUT2D eigenvalue weighted by atomic mass is 10.3. The molecule has 2 aromatic heterocycles. The van der Waals surface area contributed by atoms with Gasteiger partial charge in [-0.25, -0.2) is 13.1 Å². The van der Waals surface area contributed by atoms with Gasteiger partial charge in [0.25, 0.3) is 0 Å². The van der Waals surface area contributed by atoms with Gasteiger partial charge in [-0.3, -0.25) is 4.98 Å². The molecule has 8 heteroatoms. The molecule has 2 N–H and O–H groups in total. The van der Waals surface area contributed by atoms with Crippen LogP contribution in [0.15, 0.2) is 44.6 Å². The SMILES string of the molecule is CCNCc1cc(S(=O)(=O)NCc2ccncc2)c(Br)o1. The van der Waals surface area contributed by atoms with E-state index in [1.54, 1.807) is 24.5 Å². The molecular formula is C13H16BrN3O3S. The summed E-state index contributed by atoms with van der Waals surface area (Å²) in [4.78, 5) is 3.99. The summed E-state index contributed by atoms with van der Waals surface area (Å²) in [5, 5.41) is 3.08. The van der Waals surface area contributed by atoms with Gasteiger partial charge < -0.3 is 9.73 Å².